The first-order chi connectivity index (χ1) is 14.6. The van der Waals surface area contributed by atoms with Gasteiger partial charge >= 0.3 is 5.97 Å². The van der Waals surface area contributed by atoms with E-state index < -0.39 is 0 Å². The van der Waals surface area contributed by atoms with E-state index in [1.807, 2.05) is 12.1 Å². The first-order valence-electron chi connectivity index (χ1n) is 10.8. The van der Waals surface area contributed by atoms with Gasteiger partial charge in [-0.25, -0.2) is 0 Å². The van der Waals surface area contributed by atoms with Gasteiger partial charge in [-0.3, -0.25) is 14.7 Å². The highest BCUT2D eigenvalue weighted by Gasteiger charge is 2.28. The maximum absolute atomic E-state index is 11.8. The lowest BCUT2D eigenvalue weighted by Gasteiger charge is -2.35. The lowest BCUT2D eigenvalue weighted by molar-refractivity contribution is -0.146. The summed E-state index contributed by atoms with van der Waals surface area (Å²) < 4.78 is 10.5. The summed E-state index contributed by atoms with van der Waals surface area (Å²) in [5, 5.41) is 4.17. The number of ether oxygens (including phenoxy) is 2. The SMILES string of the molecule is CCNC(=NCC(c1ccc(Cl)cc1)N1CCOCC1)N1CCC(C(=O)OC)CC1.I. The largest absolute Gasteiger partial charge is 0.469 e. The molecule has 0 saturated carbocycles. The predicted octanol–water partition coefficient (Wildman–Crippen LogP) is 3.18. The van der Waals surface area contributed by atoms with Crippen LogP contribution in [0.15, 0.2) is 29.3 Å². The number of esters is 1. The highest BCUT2D eigenvalue weighted by molar-refractivity contribution is 14.0. The van der Waals surface area contributed by atoms with Crippen molar-refractivity contribution >= 4 is 47.5 Å². The number of nitrogens with one attached hydrogen (secondary N) is 1. The van der Waals surface area contributed by atoms with Crippen LogP contribution in [0.2, 0.25) is 5.02 Å². The van der Waals surface area contributed by atoms with Crippen molar-refractivity contribution in [2.45, 2.75) is 25.8 Å². The van der Waals surface area contributed by atoms with Crippen molar-refractivity contribution in [3.05, 3.63) is 34.9 Å². The summed E-state index contributed by atoms with van der Waals surface area (Å²) in [6, 6.07) is 8.24. The number of benzene rings is 1. The number of hydrogen-bond donors (Lipinski definition) is 1. The van der Waals surface area contributed by atoms with Crippen molar-refractivity contribution < 1.29 is 14.3 Å². The molecule has 0 radical (unpaired) electrons. The summed E-state index contributed by atoms with van der Waals surface area (Å²) in [5.41, 5.74) is 1.21. The molecule has 0 amide bonds. The van der Waals surface area contributed by atoms with Crippen LogP contribution in [-0.2, 0) is 14.3 Å². The van der Waals surface area contributed by atoms with Crippen molar-refractivity contribution in [3.63, 3.8) is 0 Å². The molecule has 9 heteroatoms. The third kappa shape index (κ3) is 7.47. The molecule has 0 bridgehead atoms. The third-order valence-electron chi connectivity index (χ3n) is 5.82. The topological polar surface area (TPSA) is 66.4 Å². The van der Waals surface area contributed by atoms with Gasteiger partial charge in [0.1, 0.15) is 0 Å². The van der Waals surface area contributed by atoms with Crippen LogP contribution in [-0.4, -0.2) is 81.3 Å². The third-order valence-corrected chi connectivity index (χ3v) is 6.07. The van der Waals surface area contributed by atoms with E-state index in [1.165, 1.54) is 12.7 Å². The maximum atomic E-state index is 11.8. The fourth-order valence-corrected chi connectivity index (χ4v) is 4.22. The maximum Gasteiger partial charge on any atom is 0.308 e. The average molecular weight is 565 g/mol. The summed E-state index contributed by atoms with van der Waals surface area (Å²) in [5.74, 6) is 0.795. The van der Waals surface area contributed by atoms with E-state index in [0.29, 0.717) is 6.54 Å². The smallest absolute Gasteiger partial charge is 0.308 e. The molecule has 1 N–H and O–H groups in total. The zero-order chi connectivity index (χ0) is 21.3. The number of aliphatic imine (C=N–C) groups is 1. The molecule has 2 saturated heterocycles. The van der Waals surface area contributed by atoms with Gasteiger partial charge < -0.3 is 19.7 Å². The predicted molar refractivity (Wildman–Crippen MR) is 134 cm³/mol. The van der Waals surface area contributed by atoms with Crippen LogP contribution < -0.4 is 5.32 Å². The van der Waals surface area contributed by atoms with Crippen LogP contribution in [0.5, 0.6) is 0 Å². The molecule has 0 spiro atoms. The minimum atomic E-state index is -0.105. The number of halogens is 2. The molecule has 174 valence electrons. The fraction of sp³-hybridized carbons (Fsp3) is 0.636. The number of hydrogen-bond acceptors (Lipinski definition) is 5. The molecule has 3 rings (SSSR count). The molecule has 2 fully saturated rings. The molecule has 1 atom stereocenters. The molecule has 0 aliphatic carbocycles. The van der Waals surface area contributed by atoms with Crippen molar-refractivity contribution in [3.8, 4) is 0 Å². The first-order valence-corrected chi connectivity index (χ1v) is 11.2. The van der Waals surface area contributed by atoms with E-state index in [0.717, 1.165) is 69.8 Å². The molecular formula is C22H34ClIN4O3. The van der Waals surface area contributed by atoms with Crippen LogP contribution in [0.3, 0.4) is 0 Å². The Morgan fingerprint density at radius 1 is 1.23 bits per heavy atom. The Balaban J connectivity index is 0.00000341. The molecule has 31 heavy (non-hydrogen) atoms. The molecular weight excluding hydrogens is 531 g/mol. The Kier molecular flexibility index (Phi) is 11.3. The standard InChI is InChI=1S/C22H33ClN4O3.HI/c1-3-24-22(27-10-8-18(9-11-27)21(28)29-2)25-16-20(26-12-14-30-15-13-26)17-4-6-19(23)7-5-17;/h4-7,18,20H,3,8-16H2,1-2H3,(H,24,25);1H. The fourth-order valence-electron chi connectivity index (χ4n) is 4.10. The van der Waals surface area contributed by atoms with Gasteiger partial charge in [-0.05, 0) is 37.5 Å². The van der Waals surface area contributed by atoms with Crippen molar-refractivity contribution in [1.29, 1.82) is 0 Å². The molecule has 2 aliphatic rings. The van der Waals surface area contributed by atoms with Crippen LogP contribution in [0.1, 0.15) is 31.4 Å². The minimum absolute atomic E-state index is 0. The average Bonchev–Trinajstić information content (AvgIpc) is 2.80. The van der Waals surface area contributed by atoms with E-state index in [4.69, 9.17) is 26.1 Å². The summed E-state index contributed by atoms with van der Waals surface area (Å²) in [4.78, 5) is 21.5. The summed E-state index contributed by atoms with van der Waals surface area (Å²) >= 11 is 6.11. The minimum Gasteiger partial charge on any atom is -0.469 e. The normalized spacial score (nSPS) is 19.5. The molecule has 2 heterocycles. The van der Waals surface area contributed by atoms with Gasteiger partial charge in [-0.1, -0.05) is 23.7 Å². The Bertz CT molecular complexity index is 705. The second kappa shape index (κ2) is 13.4. The van der Waals surface area contributed by atoms with Gasteiger partial charge in [0, 0.05) is 37.7 Å². The highest BCUT2D eigenvalue weighted by atomic mass is 127. The highest BCUT2D eigenvalue weighted by Crippen LogP contribution is 2.25. The van der Waals surface area contributed by atoms with Gasteiger partial charge in [-0.2, -0.15) is 0 Å². The zero-order valence-corrected chi connectivity index (χ0v) is 21.5. The molecule has 7 nitrogen and oxygen atoms in total. The van der Waals surface area contributed by atoms with Gasteiger partial charge in [0.15, 0.2) is 5.96 Å². The van der Waals surface area contributed by atoms with Crippen molar-refractivity contribution in [1.82, 2.24) is 15.1 Å². The number of likely N-dealkylation sites (tertiary alicyclic amines) is 1. The summed E-state index contributed by atoms with van der Waals surface area (Å²) in [6.07, 6.45) is 1.59. The molecule has 1 aromatic rings. The van der Waals surface area contributed by atoms with E-state index in [1.54, 1.807) is 0 Å². The number of rotatable bonds is 6. The van der Waals surface area contributed by atoms with Crippen molar-refractivity contribution in [2.24, 2.45) is 10.9 Å². The molecule has 1 aromatic carbocycles. The van der Waals surface area contributed by atoms with Gasteiger partial charge in [-0.15, -0.1) is 24.0 Å². The number of piperidine rings is 1. The first kappa shape index (κ1) is 26.2. The van der Waals surface area contributed by atoms with Crippen LogP contribution in [0, 0.1) is 5.92 Å². The number of carbonyl (C=O) groups is 1. The Hall–Kier alpha value is -1.10. The molecule has 0 aromatic heterocycles. The number of morpholine rings is 1. The second-order valence-corrected chi connectivity index (χ2v) is 8.13. The Labute approximate surface area is 207 Å². The van der Waals surface area contributed by atoms with Gasteiger partial charge in [0.2, 0.25) is 0 Å². The van der Waals surface area contributed by atoms with E-state index in [9.17, 15) is 4.79 Å². The van der Waals surface area contributed by atoms with Crippen molar-refractivity contribution in [2.75, 3.05) is 59.6 Å². The second-order valence-electron chi connectivity index (χ2n) is 7.69. The quantitative estimate of drug-likeness (QED) is 0.248. The zero-order valence-electron chi connectivity index (χ0n) is 18.4. The van der Waals surface area contributed by atoms with Gasteiger partial charge in [0.05, 0.1) is 38.8 Å². The van der Waals surface area contributed by atoms with Crippen LogP contribution >= 0.6 is 35.6 Å². The number of carbonyl (C=O) groups excluding carboxylic acids is 1. The van der Waals surface area contributed by atoms with E-state index in [2.05, 4.69) is 34.2 Å². The summed E-state index contributed by atoms with van der Waals surface area (Å²) in [6.45, 7) is 8.41. The number of guanidine groups is 1. The van der Waals surface area contributed by atoms with Gasteiger partial charge in [0.25, 0.3) is 0 Å². The number of methoxy groups -OCH3 is 1. The molecule has 2 aliphatic heterocycles. The van der Waals surface area contributed by atoms with Crippen LogP contribution in [0.4, 0.5) is 0 Å². The Morgan fingerprint density at radius 3 is 2.45 bits per heavy atom. The van der Waals surface area contributed by atoms with E-state index >= 15 is 0 Å². The van der Waals surface area contributed by atoms with Crippen LogP contribution in [0.25, 0.3) is 0 Å². The summed E-state index contributed by atoms with van der Waals surface area (Å²) in [7, 11) is 1.46. The lowest BCUT2D eigenvalue weighted by Crippen LogP contribution is -2.47. The number of nitrogens with zero attached hydrogens (tertiary/aromatic N) is 3. The van der Waals surface area contributed by atoms with E-state index in [-0.39, 0.29) is 41.9 Å². The monoisotopic (exact) mass is 564 g/mol. The Morgan fingerprint density at radius 2 is 1.87 bits per heavy atom. The molecule has 1 unspecified atom stereocenters. The lowest BCUT2D eigenvalue weighted by atomic mass is 9.97.